The highest BCUT2D eigenvalue weighted by Gasteiger charge is 1.99. The van der Waals surface area contributed by atoms with Crippen molar-refractivity contribution in [2.75, 3.05) is 25.6 Å². The van der Waals surface area contributed by atoms with Gasteiger partial charge in [-0.2, -0.15) is 0 Å². The predicted octanol–water partition coefficient (Wildman–Crippen LogP) is 3.04. The summed E-state index contributed by atoms with van der Waals surface area (Å²) in [5.41, 5.74) is 0.793. The van der Waals surface area contributed by atoms with Crippen LogP contribution in [0, 0.1) is 5.82 Å². The van der Waals surface area contributed by atoms with Crippen molar-refractivity contribution in [3.05, 3.63) is 28.5 Å². The zero-order chi connectivity index (χ0) is 10.4. The second-order valence-electron chi connectivity index (χ2n) is 2.90. The van der Waals surface area contributed by atoms with E-state index in [4.69, 9.17) is 4.74 Å². The molecule has 0 saturated heterocycles. The van der Waals surface area contributed by atoms with Gasteiger partial charge in [0.2, 0.25) is 0 Å². The summed E-state index contributed by atoms with van der Waals surface area (Å²) < 4.78 is 18.4. The van der Waals surface area contributed by atoms with Crippen molar-refractivity contribution in [2.24, 2.45) is 0 Å². The SMILES string of the molecule is COCCCNc1ccc(Br)c(F)c1. The Kier molecular flexibility index (Phi) is 4.90. The number of anilines is 1. The van der Waals surface area contributed by atoms with Gasteiger partial charge in [0.05, 0.1) is 4.47 Å². The van der Waals surface area contributed by atoms with Crippen LogP contribution >= 0.6 is 15.9 Å². The Morgan fingerprint density at radius 1 is 1.50 bits per heavy atom. The lowest BCUT2D eigenvalue weighted by atomic mass is 10.3. The molecule has 0 radical (unpaired) electrons. The number of methoxy groups -OCH3 is 1. The van der Waals surface area contributed by atoms with Gasteiger partial charge in [-0.25, -0.2) is 4.39 Å². The van der Waals surface area contributed by atoms with Crippen molar-refractivity contribution in [1.29, 1.82) is 0 Å². The molecule has 1 N–H and O–H groups in total. The van der Waals surface area contributed by atoms with E-state index in [-0.39, 0.29) is 5.82 Å². The summed E-state index contributed by atoms with van der Waals surface area (Å²) in [6.07, 6.45) is 0.911. The molecule has 0 atom stereocenters. The molecule has 0 aliphatic heterocycles. The lowest BCUT2D eigenvalue weighted by Crippen LogP contribution is -2.04. The van der Waals surface area contributed by atoms with Crippen molar-refractivity contribution in [2.45, 2.75) is 6.42 Å². The summed E-state index contributed by atoms with van der Waals surface area (Å²) in [5.74, 6) is -0.248. The van der Waals surface area contributed by atoms with Crippen molar-refractivity contribution in [1.82, 2.24) is 0 Å². The Balaban J connectivity index is 2.39. The molecule has 0 bridgehead atoms. The molecule has 0 aliphatic carbocycles. The number of hydrogen-bond donors (Lipinski definition) is 1. The van der Waals surface area contributed by atoms with Gasteiger partial charge in [0, 0.05) is 25.9 Å². The second-order valence-corrected chi connectivity index (χ2v) is 3.76. The Labute approximate surface area is 91.6 Å². The van der Waals surface area contributed by atoms with Crippen molar-refractivity contribution in [3.8, 4) is 0 Å². The van der Waals surface area contributed by atoms with Gasteiger partial charge in [-0.3, -0.25) is 0 Å². The van der Waals surface area contributed by atoms with Gasteiger partial charge in [-0.05, 0) is 40.5 Å². The maximum absolute atomic E-state index is 13.0. The summed E-state index contributed by atoms with van der Waals surface area (Å²) in [5, 5.41) is 3.11. The first kappa shape index (κ1) is 11.5. The normalized spacial score (nSPS) is 10.2. The molecule has 0 fully saturated rings. The molecule has 0 saturated carbocycles. The third kappa shape index (κ3) is 3.64. The molecule has 1 rings (SSSR count). The zero-order valence-corrected chi connectivity index (χ0v) is 9.60. The summed E-state index contributed by atoms with van der Waals surface area (Å²) in [6.45, 7) is 1.50. The quantitative estimate of drug-likeness (QED) is 0.823. The highest BCUT2D eigenvalue weighted by atomic mass is 79.9. The van der Waals surface area contributed by atoms with Gasteiger partial charge in [0.25, 0.3) is 0 Å². The van der Waals surface area contributed by atoms with Crippen molar-refractivity contribution < 1.29 is 9.13 Å². The van der Waals surface area contributed by atoms with Crippen LogP contribution in [0.15, 0.2) is 22.7 Å². The first-order chi connectivity index (χ1) is 6.74. The Morgan fingerprint density at radius 3 is 2.93 bits per heavy atom. The summed E-state index contributed by atoms with van der Waals surface area (Å²) in [7, 11) is 1.67. The molecule has 2 nitrogen and oxygen atoms in total. The molecule has 0 heterocycles. The fourth-order valence-corrected chi connectivity index (χ4v) is 1.30. The van der Waals surface area contributed by atoms with E-state index in [9.17, 15) is 4.39 Å². The molecule has 4 heteroatoms. The van der Waals surface area contributed by atoms with E-state index in [1.54, 1.807) is 13.2 Å². The van der Waals surface area contributed by atoms with E-state index in [1.807, 2.05) is 6.07 Å². The summed E-state index contributed by atoms with van der Waals surface area (Å²) >= 11 is 3.10. The van der Waals surface area contributed by atoms with Crippen LogP contribution in [-0.4, -0.2) is 20.3 Å². The van der Waals surface area contributed by atoms with E-state index in [1.165, 1.54) is 6.07 Å². The molecule has 1 aromatic rings. The third-order valence-corrected chi connectivity index (χ3v) is 2.42. The van der Waals surface area contributed by atoms with Crippen LogP contribution in [0.4, 0.5) is 10.1 Å². The van der Waals surface area contributed by atoms with Gasteiger partial charge in [0.15, 0.2) is 0 Å². The number of nitrogens with one attached hydrogen (secondary N) is 1. The summed E-state index contributed by atoms with van der Waals surface area (Å²) in [4.78, 5) is 0. The monoisotopic (exact) mass is 261 g/mol. The molecule has 0 unspecified atom stereocenters. The van der Waals surface area contributed by atoms with Crippen LogP contribution in [0.25, 0.3) is 0 Å². The van der Waals surface area contributed by atoms with Gasteiger partial charge < -0.3 is 10.1 Å². The maximum atomic E-state index is 13.0. The second kappa shape index (κ2) is 5.98. The third-order valence-electron chi connectivity index (χ3n) is 1.77. The minimum absolute atomic E-state index is 0.248. The van der Waals surface area contributed by atoms with E-state index in [0.717, 1.165) is 18.7 Å². The molecule has 0 amide bonds. The molecular weight excluding hydrogens is 249 g/mol. The largest absolute Gasteiger partial charge is 0.385 e. The Morgan fingerprint density at radius 2 is 2.29 bits per heavy atom. The number of benzene rings is 1. The van der Waals surface area contributed by atoms with Gasteiger partial charge in [-0.15, -0.1) is 0 Å². The lowest BCUT2D eigenvalue weighted by molar-refractivity contribution is 0.198. The van der Waals surface area contributed by atoms with Crippen LogP contribution in [-0.2, 0) is 4.74 Å². The van der Waals surface area contributed by atoms with Gasteiger partial charge in [-0.1, -0.05) is 0 Å². The molecule has 0 aromatic heterocycles. The van der Waals surface area contributed by atoms with E-state index in [0.29, 0.717) is 11.1 Å². The number of rotatable bonds is 5. The highest BCUT2D eigenvalue weighted by Crippen LogP contribution is 2.19. The van der Waals surface area contributed by atoms with Crippen LogP contribution in [0.3, 0.4) is 0 Å². The van der Waals surface area contributed by atoms with Crippen LogP contribution in [0.5, 0.6) is 0 Å². The Bertz CT molecular complexity index is 293. The maximum Gasteiger partial charge on any atom is 0.139 e. The molecule has 1 aromatic carbocycles. The first-order valence-electron chi connectivity index (χ1n) is 4.42. The van der Waals surface area contributed by atoms with Crippen molar-refractivity contribution >= 4 is 21.6 Å². The Hall–Kier alpha value is -0.610. The van der Waals surface area contributed by atoms with Crippen LogP contribution in [0.2, 0.25) is 0 Å². The van der Waals surface area contributed by atoms with Gasteiger partial charge in [0.1, 0.15) is 5.82 Å². The standard InChI is InChI=1S/C10H13BrFNO/c1-14-6-2-5-13-8-3-4-9(11)10(12)7-8/h3-4,7,13H,2,5-6H2,1H3. The zero-order valence-electron chi connectivity index (χ0n) is 8.02. The van der Waals surface area contributed by atoms with Crippen LogP contribution < -0.4 is 5.32 Å². The highest BCUT2D eigenvalue weighted by molar-refractivity contribution is 9.10. The van der Waals surface area contributed by atoms with Crippen LogP contribution in [0.1, 0.15) is 6.42 Å². The number of ether oxygens (including phenoxy) is 1. The predicted molar refractivity (Wildman–Crippen MR) is 59.1 cm³/mol. The average Bonchev–Trinajstić information content (AvgIpc) is 2.18. The lowest BCUT2D eigenvalue weighted by Gasteiger charge is -2.06. The fraction of sp³-hybridized carbons (Fsp3) is 0.400. The molecule has 0 spiro atoms. The van der Waals surface area contributed by atoms with Crippen molar-refractivity contribution in [3.63, 3.8) is 0 Å². The van der Waals surface area contributed by atoms with E-state index < -0.39 is 0 Å². The topological polar surface area (TPSA) is 21.3 Å². The van der Waals surface area contributed by atoms with Gasteiger partial charge >= 0.3 is 0 Å². The van der Waals surface area contributed by atoms with E-state index in [2.05, 4.69) is 21.2 Å². The first-order valence-corrected chi connectivity index (χ1v) is 5.21. The molecule has 0 aliphatic rings. The number of hydrogen-bond acceptors (Lipinski definition) is 2. The molecule has 78 valence electrons. The number of halogens is 2. The molecular formula is C10H13BrFNO. The minimum atomic E-state index is -0.248. The summed E-state index contributed by atoms with van der Waals surface area (Å²) in [6, 6.07) is 4.99. The minimum Gasteiger partial charge on any atom is -0.385 e. The van der Waals surface area contributed by atoms with E-state index >= 15 is 0 Å². The smallest absolute Gasteiger partial charge is 0.139 e. The fourth-order valence-electron chi connectivity index (χ4n) is 1.06. The average molecular weight is 262 g/mol. The molecule has 14 heavy (non-hydrogen) atoms.